The molecule has 1 saturated heterocycles. The highest BCUT2D eigenvalue weighted by Crippen LogP contribution is 2.30. The van der Waals surface area contributed by atoms with Crippen LogP contribution in [0.5, 0.6) is 0 Å². The quantitative estimate of drug-likeness (QED) is 0.304. The van der Waals surface area contributed by atoms with Gasteiger partial charge in [-0.25, -0.2) is 14.8 Å². The number of rotatable bonds is 8. The third kappa shape index (κ3) is 6.79. The molecule has 0 bridgehead atoms. The molecule has 44 heavy (non-hydrogen) atoms. The highest BCUT2D eigenvalue weighted by Gasteiger charge is 2.31. The lowest BCUT2D eigenvalue weighted by atomic mass is 9.90. The fourth-order valence-electron chi connectivity index (χ4n) is 5.77. The molecule has 6 rings (SSSR count). The van der Waals surface area contributed by atoms with Crippen molar-refractivity contribution in [1.29, 1.82) is 5.26 Å². The molecule has 0 radical (unpaired) electrons. The van der Waals surface area contributed by atoms with E-state index in [1.807, 2.05) is 60.6 Å². The Morgan fingerprint density at radius 3 is 2.59 bits per heavy atom. The first-order valence-corrected chi connectivity index (χ1v) is 15.0. The number of pyridine rings is 1. The van der Waals surface area contributed by atoms with Crippen LogP contribution in [0, 0.1) is 11.3 Å². The van der Waals surface area contributed by atoms with Gasteiger partial charge in [0.15, 0.2) is 5.82 Å². The van der Waals surface area contributed by atoms with Crippen molar-refractivity contribution in [3.63, 3.8) is 0 Å². The summed E-state index contributed by atoms with van der Waals surface area (Å²) in [4.78, 5) is 31.3. The minimum Gasteiger partial charge on any atom is -0.361 e. The maximum Gasteiger partial charge on any atom is 0.323 e. The van der Waals surface area contributed by atoms with Gasteiger partial charge in [-0.2, -0.15) is 15.3 Å². The number of aromatic nitrogens is 5. The molecule has 0 spiro atoms. The number of nitrogens with zero attached hydrogens (tertiary/aromatic N) is 8. The Hall–Kier alpha value is -5.02. The van der Waals surface area contributed by atoms with Crippen LogP contribution < -0.4 is 20.4 Å². The molecule has 226 valence electrons. The Morgan fingerprint density at radius 1 is 1.07 bits per heavy atom. The molecule has 1 saturated carbocycles. The third-order valence-electron chi connectivity index (χ3n) is 8.09. The van der Waals surface area contributed by atoms with E-state index in [9.17, 15) is 10.1 Å². The summed E-state index contributed by atoms with van der Waals surface area (Å²) in [6, 6.07) is 15.9. The molecule has 0 atom stereocenters. The van der Waals surface area contributed by atoms with Crippen LogP contribution in [0.3, 0.4) is 0 Å². The van der Waals surface area contributed by atoms with E-state index in [2.05, 4.69) is 31.8 Å². The summed E-state index contributed by atoms with van der Waals surface area (Å²) in [7, 11) is 1.88. The largest absolute Gasteiger partial charge is 0.361 e. The van der Waals surface area contributed by atoms with E-state index in [-0.39, 0.29) is 18.1 Å². The summed E-state index contributed by atoms with van der Waals surface area (Å²) in [5.41, 5.74) is 3.38. The fourth-order valence-corrected chi connectivity index (χ4v) is 5.77. The van der Waals surface area contributed by atoms with Crippen LogP contribution in [0.2, 0.25) is 0 Å². The first kappa shape index (κ1) is 29.1. The third-order valence-corrected chi connectivity index (χ3v) is 8.09. The second-order valence-electron chi connectivity index (χ2n) is 11.2. The first-order chi connectivity index (χ1) is 21.6. The molecule has 2 aliphatic rings. The standard InChI is InChI=1S/C32H36N10O2/c1-40-21-26(20-37-40)24-8-13-29(34-18-24)42(32(43)36-17-23-6-3-2-4-7-23)28-11-9-27(10-12-28)38-31-35-19-25(16-33)30(39-31)41-14-5-15-44-22-41/h2-4,6-8,13,18-21,27-28H,5,9-12,14-15,17,22H2,1H3,(H,36,43)(H,35,38,39)/t27-,28-. The summed E-state index contributed by atoms with van der Waals surface area (Å²) in [6.45, 7) is 2.34. The molecule has 3 aromatic heterocycles. The molecule has 12 nitrogen and oxygen atoms in total. The van der Waals surface area contributed by atoms with E-state index >= 15 is 0 Å². The van der Waals surface area contributed by atoms with Gasteiger partial charge in [-0.15, -0.1) is 0 Å². The molecule has 0 unspecified atom stereocenters. The van der Waals surface area contributed by atoms with Crippen LogP contribution in [0.4, 0.5) is 22.4 Å². The van der Waals surface area contributed by atoms with Crippen molar-refractivity contribution in [3.8, 4) is 17.2 Å². The average Bonchev–Trinajstić information content (AvgIpc) is 3.52. The van der Waals surface area contributed by atoms with Crippen molar-refractivity contribution in [2.75, 3.05) is 35.0 Å². The number of benzene rings is 1. The van der Waals surface area contributed by atoms with Gasteiger partial charge in [0.25, 0.3) is 0 Å². The Balaban J connectivity index is 1.15. The SMILES string of the molecule is Cn1cc(-c2ccc(N(C(=O)NCc3ccccc3)[C@H]3CC[C@H](Nc4ncc(C#N)c(N5CCCOC5)n4)CC3)nc2)cn1. The Kier molecular flexibility index (Phi) is 8.93. The summed E-state index contributed by atoms with van der Waals surface area (Å²) in [5, 5.41) is 20.4. The zero-order valence-corrected chi connectivity index (χ0v) is 24.8. The first-order valence-electron chi connectivity index (χ1n) is 15.0. The second-order valence-corrected chi connectivity index (χ2v) is 11.2. The van der Waals surface area contributed by atoms with Crippen molar-refractivity contribution in [1.82, 2.24) is 30.0 Å². The van der Waals surface area contributed by atoms with Gasteiger partial charge in [0.1, 0.15) is 24.2 Å². The fraction of sp³-hybridized carbons (Fsp3) is 0.375. The van der Waals surface area contributed by atoms with E-state index < -0.39 is 0 Å². The molecule has 1 aliphatic carbocycles. The number of hydrogen-bond acceptors (Lipinski definition) is 9. The summed E-state index contributed by atoms with van der Waals surface area (Å²) in [6.07, 6.45) is 11.2. The van der Waals surface area contributed by atoms with E-state index in [0.717, 1.165) is 55.3 Å². The maximum atomic E-state index is 13.7. The number of hydrogen-bond donors (Lipinski definition) is 2. The zero-order chi connectivity index (χ0) is 30.3. The highest BCUT2D eigenvalue weighted by molar-refractivity contribution is 5.91. The van der Waals surface area contributed by atoms with Crippen LogP contribution in [-0.2, 0) is 18.3 Å². The van der Waals surface area contributed by atoms with Gasteiger partial charge in [0, 0.05) is 55.7 Å². The van der Waals surface area contributed by atoms with Crippen molar-refractivity contribution >= 4 is 23.6 Å². The van der Waals surface area contributed by atoms with E-state index in [1.54, 1.807) is 28.2 Å². The normalized spacial score (nSPS) is 18.3. The Labute approximate surface area is 256 Å². The van der Waals surface area contributed by atoms with Gasteiger partial charge in [-0.3, -0.25) is 9.58 Å². The van der Waals surface area contributed by atoms with Gasteiger partial charge < -0.3 is 20.3 Å². The Bertz CT molecular complexity index is 1590. The number of aryl methyl sites for hydroxylation is 1. The number of anilines is 3. The number of ether oxygens (including phenoxy) is 1. The van der Waals surface area contributed by atoms with E-state index in [0.29, 0.717) is 43.0 Å². The van der Waals surface area contributed by atoms with Crippen LogP contribution >= 0.6 is 0 Å². The predicted molar refractivity (Wildman–Crippen MR) is 167 cm³/mol. The number of nitriles is 1. The molecule has 1 aliphatic heterocycles. The predicted octanol–water partition coefficient (Wildman–Crippen LogP) is 4.47. The van der Waals surface area contributed by atoms with Crippen molar-refractivity contribution in [2.24, 2.45) is 7.05 Å². The summed E-state index contributed by atoms with van der Waals surface area (Å²) < 4.78 is 7.33. The lowest BCUT2D eigenvalue weighted by Gasteiger charge is -2.36. The van der Waals surface area contributed by atoms with Gasteiger partial charge in [0.05, 0.1) is 19.0 Å². The smallest absolute Gasteiger partial charge is 0.323 e. The van der Waals surface area contributed by atoms with Crippen LogP contribution in [-0.4, -0.2) is 62.7 Å². The summed E-state index contributed by atoms with van der Waals surface area (Å²) >= 11 is 0. The lowest BCUT2D eigenvalue weighted by molar-refractivity contribution is 0.106. The molecule has 4 aromatic rings. The van der Waals surface area contributed by atoms with Crippen molar-refractivity contribution < 1.29 is 9.53 Å². The van der Waals surface area contributed by atoms with E-state index in [4.69, 9.17) is 9.72 Å². The minimum atomic E-state index is -0.171. The number of carbonyl (C=O) groups excluding carboxylic acids is 1. The number of nitrogens with one attached hydrogen (secondary N) is 2. The topological polar surface area (TPSA) is 137 Å². The number of amides is 2. The maximum absolute atomic E-state index is 13.7. The Morgan fingerprint density at radius 2 is 1.91 bits per heavy atom. The number of carbonyl (C=O) groups is 1. The number of urea groups is 1. The zero-order valence-electron chi connectivity index (χ0n) is 24.8. The summed E-state index contributed by atoms with van der Waals surface area (Å²) in [5.74, 6) is 1.71. The second kappa shape index (κ2) is 13.5. The van der Waals surface area contributed by atoms with Gasteiger partial charge in [0.2, 0.25) is 5.95 Å². The van der Waals surface area contributed by atoms with Crippen molar-refractivity contribution in [2.45, 2.75) is 50.7 Å². The van der Waals surface area contributed by atoms with Gasteiger partial charge >= 0.3 is 6.03 Å². The van der Waals surface area contributed by atoms with Gasteiger partial charge in [-0.05, 0) is 49.8 Å². The monoisotopic (exact) mass is 592 g/mol. The van der Waals surface area contributed by atoms with Crippen LogP contribution in [0.25, 0.3) is 11.1 Å². The highest BCUT2D eigenvalue weighted by atomic mass is 16.5. The van der Waals surface area contributed by atoms with Crippen LogP contribution in [0.15, 0.2) is 67.3 Å². The van der Waals surface area contributed by atoms with Crippen molar-refractivity contribution in [3.05, 3.63) is 78.4 Å². The molecular weight excluding hydrogens is 556 g/mol. The molecule has 2 fully saturated rings. The van der Waals surface area contributed by atoms with E-state index in [1.165, 1.54) is 0 Å². The average molecular weight is 593 g/mol. The molecule has 2 N–H and O–H groups in total. The molecule has 12 heteroatoms. The molecule has 2 amide bonds. The molecule has 4 heterocycles. The molecule has 1 aromatic carbocycles. The van der Waals surface area contributed by atoms with Crippen LogP contribution in [0.1, 0.15) is 43.2 Å². The lowest BCUT2D eigenvalue weighted by Crippen LogP contribution is -2.49. The van der Waals surface area contributed by atoms with Gasteiger partial charge in [-0.1, -0.05) is 30.3 Å². The molecular formula is C32H36N10O2. The minimum absolute atomic E-state index is 0.0245.